The van der Waals surface area contributed by atoms with E-state index in [2.05, 4.69) is 61.9 Å². The van der Waals surface area contributed by atoms with E-state index in [0.717, 1.165) is 16.8 Å². The molecule has 10 rings (SSSR count). The van der Waals surface area contributed by atoms with Gasteiger partial charge in [0, 0.05) is 79.4 Å². The summed E-state index contributed by atoms with van der Waals surface area (Å²) < 4.78 is 38.1. The Balaban J connectivity index is 1.12. The highest BCUT2D eigenvalue weighted by Crippen LogP contribution is 2.69. The molecule has 1 spiro atoms. The van der Waals surface area contributed by atoms with Crippen LogP contribution in [0.25, 0.3) is 0 Å². The molecule has 464 valence electrons. The topological polar surface area (TPSA) is 203 Å². The van der Waals surface area contributed by atoms with E-state index in [4.69, 9.17) is 28.4 Å². The van der Waals surface area contributed by atoms with Crippen LogP contribution in [0.5, 0.6) is 5.75 Å². The molecule has 3 aliphatic carbocycles. The van der Waals surface area contributed by atoms with Crippen molar-refractivity contribution in [1.82, 2.24) is 9.80 Å². The van der Waals surface area contributed by atoms with Crippen molar-refractivity contribution in [1.29, 1.82) is 0 Å². The van der Waals surface area contributed by atoms with E-state index in [1.807, 2.05) is 87.5 Å². The first-order valence-corrected chi connectivity index (χ1v) is 30.9. The number of nitrogens with zero attached hydrogens (tertiary/aromatic N) is 3. The largest absolute Gasteiger partial charge is 0.509 e. The van der Waals surface area contributed by atoms with Gasteiger partial charge in [-0.2, -0.15) is 0 Å². The molecule has 2 saturated heterocycles. The van der Waals surface area contributed by atoms with E-state index < -0.39 is 81.2 Å². The number of fused-ring (bicyclic) bond motifs is 3. The van der Waals surface area contributed by atoms with Crippen LogP contribution in [0.15, 0.2) is 113 Å². The number of aliphatic hydroxyl groups excluding tert-OH is 1. The third kappa shape index (κ3) is 10.3. The lowest BCUT2D eigenvalue weighted by Gasteiger charge is -2.63. The van der Waals surface area contributed by atoms with Crippen molar-refractivity contribution in [3.05, 3.63) is 124 Å². The van der Waals surface area contributed by atoms with Crippen LogP contribution in [0.2, 0.25) is 0 Å². The Morgan fingerprint density at radius 1 is 0.814 bits per heavy atom. The summed E-state index contributed by atoms with van der Waals surface area (Å²) in [6.07, 6.45) is 15.4. The van der Waals surface area contributed by atoms with E-state index in [-0.39, 0.29) is 36.0 Å². The lowest BCUT2D eigenvalue weighted by Crippen LogP contribution is -2.82. The highest BCUT2D eigenvalue weighted by molar-refractivity contribution is 5.96. The number of aliphatic hydroxyl groups is 2. The Labute approximate surface area is 507 Å². The van der Waals surface area contributed by atoms with Crippen LogP contribution in [-0.2, 0) is 53.7 Å². The highest BCUT2D eigenvalue weighted by Gasteiger charge is 2.83. The minimum Gasteiger partial charge on any atom is -0.496 e. The Hall–Kier alpha value is -6.53. The molecule has 17 heteroatoms. The molecule has 2 aromatic carbocycles. The molecule has 1 saturated carbocycles. The van der Waals surface area contributed by atoms with Crippen molar-refractivity contribution >= 4 is 41.8 Å². The number of anilines is 2. The first kappa shape index (κ1) is 62.5. The molecule has 1 unspecified atom stereocenters. The van der Waals surface area contributed by atoms with Crippen LogP contribution in [0.4, 0.5) is 16.2 Å². The number of carbonyl (C=O) groups excluding carboxylic acids is 5. The molecule has 0 aromatic heterocycles. The number of hydrogen-bond acceptors (Lipinski definition) is 16. The fourth-order valence-corrected chi connectivity index (χ4v) is 17.8. The molecule has 3 N–H and O–H groups in total. The van der Waals surface area contributed by atoms with E-state index >= 15 is 14.4 Å². The number of ether oxygens (including phenoxy) is 6. The summed E-state index contributed by atoms with van der Waals surface area (Å²) in [7, 11) is 4.07. The third-order valence-corrected chi connectivity index (χ3v) is 20.9. The number of para-hydroxylation sites is 1. The standard InChI is InChI=1S/C69H90N4O13/c1-13-65(80)36-46-37-68(60(77)82-11,56(26-20-29-71(40-46)41-65)70-47-22-16-15-17-23-47)53-34-52-54(35-55(53)81-10)73(42-74)58-67(52)28-31-72-30-21-27-66(14-2,57(67)72)59(84-45(5)75)69(58,61(78)83-12)86-62(79)85-49-33-44(4)51(64(8,9)39-49)25-19-18-24-50-43(3)32-48(76)38-63(50,6)7/h15-19,21-27,34-35,42,46,48-49,57-59,70,76,80H,13-14,20,28-33,36-41H2,1-12H3/b24-18+,25-19+,56-26?/t46-,48-,49-,57+,58-,59-,65+,66-,67-,68+,69+/m1/s1. The maximum atomic E-state index is 15.8. The molecule has 5 aliphatic heterocycles. The third-order valence-electron chi connectivity index (χ3n) is 20.9. The number of hydrogen-bond donors (Lipinski definition) is 3. The average molecular weight is 1180 g/mol. The van der Waals surface area contributed by atoms with Gasteiger partial charge < -0.3 is 48.9 Å². The van der Waals surface area contributed by atoms with Gasteiger partial charge >= 0.3 is 24.1 Å². The Morgan fingerprint density at radius 2 is 1.50 bits per heavy atom. The van der Waals surface area contributed by atoms with Crippen LogP contribution in [0, 0.1) is 22.2 Å². The number of carbonyl (C=O) groups is 5. The van der Waals surface area contributed by atoms with Crippen molar-refractivity contribution in [3.8, 4) is 5.75 Å². The Kier molecular flexibility index (Phi) is 17.1. The van der Waals surface area contributed by atoms with Gasteiger partial charge in [0.25, 0.3) is 5.60 Å². The number of methoxy groups -OCH3 is 3. The number of allylic oxidation sites excluding steroid dienone is 6. The van der Waals surface area contributed by atoms with Gasteiger partial charge in [0.1, 0.15) is 23.3 Å². The smallest absolute Gasteiger partial charge is 0.496 e. The molecule has 86 heavy (non-hydrogen) atoms. The molecule has 0 radical (unpaired) electrons. The molecule has 1 amide bonds. The zero-order valence-electron chi connectivity index (χ0n) is 52.5. The Morgan fingerprint density at radius 3 is 2.12 bits per heavy atom. The second-order valence-electron chi connectivity index (χ2n) is 27.1. The van der Waals surface area contributed by atoms with Gasteiger partial charge in [-0.15, -0.1) is 0 Å². The first-order chi connectivity index (χ1) is 40.9. The predicted octanol–water partition coefficient (Wildman–Crippen LogP) is 10.1. The van der Waals surface area contributed by atoms with Crippen LogP contribution in [0.3, 0.4) is 0 Å². The van der Waals surface area contributed by atoms with Gasteiger partial charge in [0.15, 0.2) is 6.10 Å². The lowest BCUT2D eigenvalue weighted by atomic mass is 9.47. The van der Waals surface area contributed by atoms with Crippen molar-refractivity contribution in [2.24, 2.45) is 22.2 Å². The summed E-state index contributed by atoms with van der Waals surface area (Å²) in [5.74, 6) is -2.36. The summed E-state index contributed by atoms with van der Waals surface area (Å²) in [5.41, 5.74) is -1.38. The van der Waals surface area contributed by atoms with Gasteiger partial charge in [0.05, 0.1) is 38.7 Å². The van der Waals surface area contributed by atoms with Gasteiger partial charge in [0.2, 0.25) is 6.41 Å². The minimum absolute atomic E-state index is 0.171. The van der Waals surface area contributed by atoms with Crippen molar-refractivity contribution in [2.75, 3.05) is 64.3 Å². The van der Waals surface area contributed by atoms with E-state index in [1.165, 1.54) is 44.3 Å². The number of rotatable bonds is 15. The van der Waals surface area contributed by atoms with E-state index in [1.54, 1.807) is 6.07 Å². The summed E-state index contributed by atoms with van der Waals surface area (Å²) in [6.45, 7) is 20.4. The number of esters is 3. The van der Waals surface area contributed by atoms with Crippen molar-refractivity contribution < 1.29 is 62.6 Å². The van der Waals surface area contributed by atoms with Gasteiger partial charge in [-0.25, -0.2) is 9.59 Å². The van der Waals surface area contributed by atoms with Crippen LogP contribution in [-0.4, -0.2) is 146 Å². The van der Waals surface area contributed by atoms with Crippen LogP contribution >= 0.6 is 0 Å². The minimum atomic E-state index is -2.59. The van der Waals surface area contributed by atoms with E-state index in [9.17, 15) is 19.8 Å². The second-order valence-corrected chi connectivity index (χ2v) is 27.1. The van der Waals surface area contributed by atoms with Gasteiger partial charge in [-0.1, -0.05) is 113 Å². The Bertz CT molecular complexity index is 3200. The molecule has 8 aliphatic rings. The zero-order valence-corrected chi connectivity index (χ0v) is 52.5. The first-order valence-electron chi connectivity index (χ1n) is 30.9. The molecule has 3 fully saturated rings. The van der Waals surface area contributed by atoms with Crippen LogP contribution < -0.4 is 15.0 Å². The van der Waals surface area contributed by atoms with E-state index in [0.29, 0.717) is 113 Å². The zero-order chi connectivity index (χ0) is 61.9. The molecular formula is C69H90N4O13. The SMILES string of the molecule is CC[C@]1(O)C[C@H]2CN(CCC=C(Nc3ccccc3)[C@@](C(=O)OC)(c3cc4c(cc3OC)N(C=O)[C@H]3[C@@](OC(=O)O[C@@H]5CC(C)=C(/C=C/C=C/C6=C(C)C[C@@H](O)CC6(C)C)C(C)(C)C5)(C(=O)OC)[C@H](OC(C)=O)[C@]5(CC)C=CCN6CC[C@]43[C@@H]65)C2)C1. The summed E-state index contributed by atoms with van der Waals surface area (Å²) in [4.78, 5) is 81.3. The molecule has 17 nitrogen and oxygen atoms in total. The maximum absolute atomic E-state index is 15.8. The van der Waals surface area contributed by atoms with Gasteiger partial charge in [-0.05, 0) is 130 Å². The average Bonchev–Trinajstić information content (AvgIpc) is 1.49. The number of amides is 1. The molecule has 2 aromatic rings. The number of piperidine rings is 1. The molecule has 2 bridgehead atoms. The maximum Gasteiger partial charge on any atom is 0.509 e. The van der Waals surface area contributed by atoms with Crippen LogP contribution in [0.1, 0.15) is 138 Å². The molecule has 5 heterocycles. The fraction of sp³-hybridized carbons (Fsp3) is 0.580. The highest BCUT2D eigenvalue weighted by atomic mass is 16.8. The molecule has 12 atom stereocenters. The number of benzene rings is 2. The monoisotopic (exact) mass is 1180 g/mol. The fourth-order valence-electron chi connectivity index (χ4n) is 17.8. The second kappa shape index (κ2) is 23.5. The van der Waals surface area contributed by atoms with Gasteiger partial charge in [-0.3, -0.25) is 24.2 Å². The quantitative estimate of drug-likeness (QED) is 0.0499. The lowest BCUT2D eigenvalue weighted by molar-refractivity contribution is -0.233. The summed E-state index contributed by atoms with van der Waals surface area (Å²) in [6, 6.07) is 11.3. The summed E-state index contributed by atoms with van der Waals surface area (Å²) in [5, 5.41) is 26.3. The van der Waals surface area contributed by atoms with Crippen molar-refractivity contribution in [3.63, 3.8) is 0 Å². The number of nitrogens with one attached hydrogen (secondary N) is 1. The summed E-state index contributed by atoms with van der Waals surface area (Å²) >= 11 is 0. The normalized spacial score (nSPS) is 34.4. The molecular weight excluding hydrogens is 1090 g/mol. The predicted molar refractivity (Wildman–Crippen MR) is 327 cm³/mol. The van der Waals surface area contributed by atoms with Crippen molar-refractivity contribution in [2.45, 2.75) is 179 Å².